The summed E-state index contributed by atoms with van der Waals surface area (Å²) in [6, 6.07) is 16.9. The summed E-state index contributed by atoms with van der Waals surface area (Å²) in [5, 5.41) is 2.77. The number of hydrogen-bond donors (Lipinski definition) is 2. The van der Waals surface area contributed by atoms with Gasteiger partial charge in [-0.3, -0.25) is 28.8 Å². The number of carbonyl (C=O) groups is 6. The average molecular weight is 685 g/mol. The zero-order chi connectivity index (χ0) is 34.2. The van der Waals surface area contributed by atoms with Gasteiger partial charge in [0.1, 0.15) is 18.1 Å². The summed E-state index contributed by atoms with van der Waals surface area (Å²) >= 11 is 1.79. The van der Waals surface area contributed by atoms with Crippen LogP contribution in [0.5, 0.6) is 0 Å². The van der Waals surface area contributed by atoms with Crippen LogP contribution in [0.1, 0.15) is 53.3 Å². The van der Waals surface area contributed by atoms with Gasteiger partial charge in [0.05, 0.1) is 20.3 Å². The Hall–Kier alpha value is -4.73. The first-order valence-corrected chi connectivity index (χ1v) is 15.9. The van der Waals surface area contributed by atoms with E-state index < -0.39 is 72.0 Å². The van der Waals surface area contributed by atoms with E-state index in [0.29, 0.717) is 11.3 Å². The SMILES string of the molecule is CC(=O)OC[C@H]1O[C@@H](Sc2sc(C(=O)c3ccccc3)c(N)c2C(=O)Nc2ccccc2)[C@H](OC(C)=O)[C@@H](OC(C)=O)[C@H]1OC(C)=O. The minimum absolute atomic E-state index is 0.0454. The fourth-order valence-electron chi connectivity index (χ4n) is 4.71. The molecule has 4 rings (SSSR count). The van der Waals surface area contributed by atoms with Crippen LogP contribution in [0.25, 0.3) is 0 Å². The van der Waals surface area contributed by atoms with Gasteiger partial charge < -0.3 is 34.7 Å². The molecule has 0 saturated carbocycles. The third kappa shape index (κ3) is 8.96. The van der Waals surface area contributed by atoms with Crippen LogP contribution in [-0.2, 0) is 42.9 Å². The number of anilines is 2. The summed E-state index contributed by atoms with van der Waals surface area (Å²) in [5.41, 5.74) is 5.90. The van der Waals surface area contributed by atoms with Crippen molar-refractivity contribution >= 4 is 70.0 Å². The molecule has 2 heterocycles. The average Bonchev–Trinajstić information content (AvgIpc) is 3.34. The smallest absolute Gasteiger partial charge is 0.303 e. The largest absolute Gasteiger partial charge is 0.463 e. The van der Waals surface area contributed by atoms with Gasteiger partial charge in [0, 0.05) is 38.9 Å². The van der Waals surface area contributed by atoms with Gasteiger partial charge in [-0.25, -0.2) is 0 Å². The van der Waals surface area contributed by atoms with Crippen molar-refractivity contribution in [2.45, 2.75) is 61.8 Å². The number of ketones is 1. The Kier molecular flexibility index (Phi) is 11.7. The van der Waals surface area contributed by atoms with E-state index in [2.05, 4.69) is 5.32 Å². The molecular formula is C32H32N2O11S2. The highest BCUT2D eigenvalue weighted by Crippen LogP contribution is 2.45. The molecule has 1 saturated heterocycles. The van der Waals surface area contributed by atoms with Crippen LogP contribution < -0.4 is 11.1 Å². The third-order valence-corrected chi connectivity index (χ3v) is 9.15. The van der Waals surface area contributed by atoms with Crippen LogP contribution in [-0.4, -0.2) is 72.0 Å². The Morgan fingerprint density at radius 1 is 0.787 bits per heavy atom. The summed E-state index contributed by atoms with van der Waals surface area (Å²) in [6.07, 6.45) is -5.39. The Morgan fingerprint density at radius 3 is 1.91 bits per heavy atom. The van der Waals surface area contributed by atoms with Crippen LogP contribution in [0.2, 0.25) is 0 Å². The number of nitrogens with two attached hydrogens (primary N) is 1. The number of thiophene rings is 1. The first kappa shape index (κ1) is 35.1. The molecule has 0 bridgehead atoms. The quantitative estimate of drug-likeness (QED) is 0.168. The molecule has 1 fully saturated rings. The molecular weight excluding hydrogens is 652 g/mol. The molecule has 3 aromatic rings. The lowest BCUT2D eigenvalue weighted by atomic mass is 9.99. The minimum atomic E-state index is -1.42. The molecule has 0 unspecified atom stereocenters. The van der Waals surface area contributed by atoms with Crippen LogP contribution >= 0.6 is 23.1 Å². The number of nitrogens with one attached hydrogen (secondary N) is 1. The maximum absolute atomic E-state index is 13.7. The minimum Gasteiger partial charge on any atom is -0.463 e. The fraction of sp³-hybridized carbons (Fsp3) is 0.312. The topological polar surface area (TPSA) is 187 Å². The number of hydrogen-bond acceptors (Lipinski definition) is 14. The molecule has 3 N–H and O–H groups in total. The molecule has 248 valence electrons. The van der Waals surface area contributed by atoms with Crippen LogP contribution in [0.3, 0.4) is 0 Å². The van der Waals surface area contributed by atoms with E-state index in [9.17, 15) is 28.8 Å². The van der Waals surface area contributed by atoms with E-state index in [4.69, 9.17) is 29.4 Å². The van der Waals surface area contributed by atoms with Crippen molar-refractivity contribution in [3.63, 3.8) is 0 Å². The molecule has 2 aromatic carbocycles. The standard InChI is InChI=1S/C32H32N2O11S2/c1-16(35)41-15-22-26(42-17(2)36)27(43-18(3)37)28(44-19(4)38)31(45-22)47-32-23(30(40)34-21-13-9-6-10-14-21)24(33)29(46-32)25(39)20-11-7-5-8-12-20/h5-14,22,26-28,31H,15,33H2,1-4H3,(H,34,40)/t22-,26+,27+,28-,31+/m1/s1. The van der Waals surface area contributed by atoms with Crippen LogP contribution in [0, 0.1) is 0 Å². The van der Waals surface area contributed by atoms with E-state index >= 15 is 0 Å². The van der Waals surface area contributed by atoms with E-state index in [0.717, 1.165) is 43.9 Å². The number of thioether (sulfide) groups is 1. The van der Waals surface area contributed by atoms with Crippen molar-refractivity contribution in [2.24, 2.45) is 0 Å². The molecule has 0 radical (unpaired) electrons. The van der Waals surface area contributed by atoms with Crippen LogP contribution in [0.4, 0.5) is 11.4 Å². The Morgan fingerprint density at radius 2 is 1.34 bits per heavy atom. The molecule has 1 aliphatic rings. The first-order chi connectivity index (χ1) is 22.3. The Bertz CT molecular complexity index is 1650. The summed E-state index contributed by atoms with van der Waals surface area (Å²) in [4.78, 5) is 75.7. The molecule has 1 amide bonds. The lowest BCUT2D eigenvalue weighted by Gasteiger charge is -2.44. The lowest BCUT2D eigenvalue weighted by molar-refractivity contribution is -0.237. The number of benzene rings is 2. The highest BCUT2D eigenvalue weighted by Gasteiger charge is 2.53. The summed E-state index contributed by atoms with van der Waals surface area (Å²) in [7, 11) is 0. The number of amides is 1. The number of nitrogen functional groups attached to an aromatic ring is 1. The van der Waals surface area contributed by atoms with Gasteiger partial charge in [-0.1, -0.05) is 60.3 Å². The number of carbonyl (C=O) groups excluding carboxylic acids is 6. The Balaban J connectivity index is 1.82. The normalized spacial score (nSPS) is 20.4. The monoisotopic (exact) mass is 684 g/mol. The summed E-state index contributed by atoms with van der Waals surface area (Å²) in [5.74, 6) is -4.08. The third-order valence-electron chi connectivity index (χ3n) is 6.59. The van der Waals surface area contributed by atoms with Gasteiger partial charge in [0.25, 0.3) is 5.91 Å². The van der Waals surface area contributed by atoms with Crippen molar-refractivity contribution in [2.75, 3.05) is 17.7 Å². The second-order valence-corrected chi connectivity index (χ2v) is 12.6. The van der Waals surface area contributed by atoms with Crippen molar-refractivity contribution in [3.8, 4) is 0 Å². The second-order valence-electron chi connectivity index (χ2n) is 10.2. The molecule has 0 spiro atoms. The zero-order valence-corrected chi connectivity index (χ0v) is 27.4. The molecule has 1 aliphatic heterocycles. The van der Waals surface area contributed by atoms with Gasteiger partial charge in [-0.05, 0) is 12.1 Å². The lowest BCUT2D eigenvalue weighted by Crippen LogP contribution is -2.61. The maximum Gasteiger partial charge on any atom is 0.303 e. The predicted molar refractivity (Wildman–Crippen MR) is 171 cm³/mol. The van der Waals surface area contributed by atoms with Crippen molar-refractivity contribution in [3.05, 3.63) is 76.7 Å². The highest BCUT2D eigenvalue weighted by molar-refractivity contribution is 8.01. The molecule has 1 aromatic heterocycles. The number of para-hydroxylation sites is 1. The van der Waals surface area contributed by atoms with E-state index in [-0.39, 0.29) is 20.3 Å². The fourth-order valence-corrected chi connectivity index (χ4v) is 7.43. The molecule has 15 heteroatoms. The van der Waals surface area contributed by atoms with Gasteiger partial charge in [-0.2, -0.15) is 0 Å². The zero-order valence-electron chi connectivity index (χ0n) is 25.8. The molecule has 0 aliphatic carbocycles. The van der Waals surface area contributed by atoms with Crippen molar-refractivity contribution in [1.82, 2.24) is 0 Å². The second kappa shape index (κ2) is 15.7. The van der Waals surface area contributed by atoms with E-state index in [1.54, 1.807) is 60.7 Å². The molecule has 5 atom stereocenters. The summed E-state index contributed by atoms with van der Waals surface area (Å²) < 4.78 is 28.1. The maximum atomic E-state index is 13.7. The van der Waals surface area contributed by atoms with Crippen molar-refractivity contribution < 1.29 is 52.5 Å². The van der Waals surface area contributed by atoms with Gasteiger partial charge in [0.15, 0.2) is 18.3 Å². The highest BCUT2D eigenvalue weighted by atomic mass is 32.2. The number of ether oxygens (including phenoxy) is 5. The number of rotatable bonds is 11. The summed E-state index contributed by atoms with van der Waals surface area (Å²) in [6.45, 7) is 4.09. The van der Waals surface area contributed by atoms with Gasteiger partial charge in [-0.15, -0.1) is 11.3 Å². The van der Waals surface area contributed by atoms with Gasteiger partial charge in [0.2, 0.25) is 5.78 Å². The first-order valence-electron chi connectivity index (χ1n) is 14.2. The van der Waals surface area contributed by atoms with Crippen LogP contribution in [0.15, 0.2) is 64.9 Å². The van der Waals surface area contributed by atoms with Gasteiger partial charge >= 0.3 is 23.9 Å². The number of esters is 4. The predicted octanol–water partition coefficient (Wildman–Crippen LogP) is 3.99. The molecule has 13 nitrogen and oxygen atoms in total. The van der Waals surface area contributed by atoms with E-state index in [1.165, 1.54) is 6.92 Å². The molecule has 47 heavy (non-hydrogen) atoms. The Labute approximate surface area is 278 Å². The van der Waals surface area contributed by atoms with Crippen molar-refractivity contribution in [1.29, 1.82) is 0 Å². The van der Waals surface area contributed by atoms with E-state index in [1.807, 2.05) is 0 Å².